The van der Waals surface area contributed by atoms with Gasteiger partial charge in [-0.3, -0.25) is 4.79 Å². The number of rotatable bonds is 1. The average Bonchev–Trinajstić information content (AvgIpc) is 2.43. The van der Waals surface area contributed by atoms with E-state index in [1.807, 2.05) is 13.8 Å². The molecular weight excluding hydrogens is 256 g/mol. The van der Waals surface area contributed by atoms with E-state index in [1.165, 1.54) is 0 Å². The lowest BCUT2D eigenvalue weighted by Crippen LogP contribution is -2.50. The summed E-state index contributed by atoms with van der Waals surface area (Å²) in [5, 5.41) is 8.77. The molecule has 1 aliphatic rings. The van der Waals surface area contributed by atoms with E-state index in [4.69, 9.17) is 9.84 Å². The molecule has 1 N–H and O–H groups in total. The summed E-state index contributed by atoms with van der Waals surface area (Å²) in [6.07, 6.45) is 1.57. The topological polar surface area (TPSA) is 62.7 Å². The van der Waals surface area contributed by atoms with Gasteiger partial charge in [0.05, 0.1) is 17.8 Å². The summed E-state index contributed by atoms with van der Waals surface area (Å²) in [6, 6.07) is 3.45. The quantitative estimate of drug-likeness (QED) is 0.765. The van der Waals surface area contributed by atoms with Gasteiger partial charge in [0, 0.05) is 19.3 Å². The van der Waals surface area contributed by atoms with Crippen molar-refractivity contribution in [3.05, 3.63) is 29.6 Å². The van der Waals surface area contributed by atoms with Gasteiger partial charge in [-0.2, -0.15) is 0 Å². The third-order valence-electron chi connectivity index (χ3n) is 3.03. The van der Waals surface area contributed by atoms with Crippen molar-refractivity contribution < 1.29 is 14.6 Å². The van der Waals surface area contributed by atoms with Crippen LogP contribution in [-0.2, 0) is 4.74 Å². The minimum atomic E-state index is -0.348. The first-order valence-corrected chi connectivity index (χ1v) is 6.51. The molecule has 106 valence electrons. The maximum atomic E-state index is 12.5. The van der Waals surface area contributed by atoms with E-state index in [-0.39, 0.29) is 18.1 Å². The lowest BCUT2D eigenvalue weighted by atomic mass is 10.1. The van der Waals surface area contributed by atoms with Crippen LogP contribution in [0, 0.1) is 11.8 Å². The molecule has 1 aliphatic heterocycles. The molecule has 2 heterocycles. The number of aliphatic hydroxyl groups excluding tert-OH is 1. The van der Waals surface area contributed by atoms with Crippen molar-refractivity contribution in [3.8, 4) is 11.8 Å². The molecule has 0 bridgehead atoms. The second-order valence-electron chi connectivity index (χ2n) is 5.19. The number of carbonyl (C=O) groups excluding carboxylic acids is 1. The van der Waals surface area contributed by atoms with Crippen molar-refractivity contribution in [2.75, 3.05) is 26.3 Å². The first-order chi connectivity index (χ1) is 9.53. The van der Waals surface area contributed by atoms with Gasteiger partial charge >= 0.3 is 0 Å². The van der Waals surface area contributed by atoms with Gasteiger partial charge in [0.15, 0.2) is 0 Å². The Balaban J connectivity index is 2.25. The molecule has 0 spiro atoms. The maximum absolute atomic E-state index is 12.5. The van der Waals surface area contributed by atoms with E-state index in [9.17, 15) is 4.79 Å². The largest absolute Gasteiger partial charge is 0.384 e. The smallest absolute Gasteiger partial charge is 0.273 e. The highest BCUT2D eigenvalue weighted by Gasteiger charge is 2.31. The molecule has 0 saturated carbocycles. The van der Waals surface area contributed by atoms with Gasteiger partial charge in [0.1, 0.15) is 12.3 Å². The second kappa shape index (κ2) is 6.04. The standard InChI is InChI=1S/C15H18N2O3/c1-15(2)11-17(8-10-20-15)14(19)13-12(6-4-9-18)5-3-7-16-13/h3,5,7,18H,8-11H2,1-2H3. The summed E-state index contributed by atoms with van der Waals surface area (Å²) in [5.41, 5.74) is 0.515. The molecule has 0 aliphatic carbocycles. The van der Waals surface area contributed by atoms with Crippen LogP contribution in [0.2, 0.25) is 0 Å². The Morgan fingerprint density at radius 3 is 3.10 bits per heavy atom. The Morgan fingerprint density at radius 2 is 2.40 bits per heavy atom. The van der Waals surface area contributed by atoms with Gasteiger partial charge in [-0.15, -0.1) is 0 Å². The molecule has 0 atom stereocenters. The normalized spacial score (nSPS) is 17.2. The van der Waals surface area contributed by atoms with E-state index in [0.717, 1.165) is 0 Å². The Bertz CT molecular complexity index is 558. The summed E-state index contributed by atoms with van der Waals surface area (Å²) in [7, 11) is 0. The molecule has 0 unspecified atom stereocenters. The number of aliphatic hydroxyl groups is 1. The lowest BCUT2D eigenvalue weighted by molar-refractivity contribution is -0.0765. The van der Waals surface area contributed by atoms with Crippen LogP contribution in [0.4, 0.5) is 0 Å². The summed E-state index contributed by atoms with van der Waals surface area (Å²) in [4.78, 5) is 18.4. The third kappa shape index (κ3) is 3.35. The van der Waals surface area contributed by atoms with Gasteiger partial charge < -0.3 is 14.7 Å². The molecule has 1 amide bonds. The molecule has 1 fully saturated rings. The Morgan fingerprint density at radius 1 is 1.60 bits per heavy atom. The summed E-state index contributed by atoms with van der Waals surface area (Å²) in [5.74, 6) is 5.16. The fourth-order valence-electron chi connectivity index (χ4n) is 2.15. The van der Waals surface area contributed by atoms with Crippen LogP contribution in [0.15, 0.2) is 18.3 Å². The van der Waals surface area contributed by atoms with Crippen molar-refractivity contribution in [1.82, 2.24) is 9.88 Å². The number of carbonyl (C=O) groups is 1. The Kier molecular flexibility index (Phi) is 4.38. The highest BCUT2D eigenvalue weighted by atomic mass is 16.5. The van der Waals surface area contributed by atoms with Crippen LogP contribution in [0.5, 0.6) is 0 Å². The highest BCUT2D eigenvalue weighted by molar-refractivity contribution is 5.94. The van der Waals surface area contributed by atoms with Crippen LogP contribution in [-0.4, -0.2) is 52.8 Å². The second-order valence-corrected chi connectivity index (χ2v) is 5.19. The lowest BCUT2D eigenvalue weighted by Gasteiger charge is -2.38. The van der Waals surface area contributed by atoms with E-state index < -0.39 is 0 Å². The van der Waals surface area contributed by atoms with Gasteiger partial charge in [-0.05, 0) is 26.0 Å². The molecule has 2 rings (SSSR count). The fraction of sp³-hybridized carbons (Fsp3) is 0.467. The minimum absolute atomic E-state index is 0.149. The van der Waals surface area contributed by atoms with E-state index in [1.54, 1.807) is 23.2 Å². The summed E-state index contributed by atoms with van der Waals surface area (Å²) >= 11 is 0. The SMILES string of the molecule is CC1(C)CN(C(=O)c2ncccc2C#CCO)CCO1. The predicted molar refractivity (Wildman–Crippen MR) is 74.1 cm³/mol. The molecule has 5 nitrogen and oxygen atoms in total. The minimum Gasteiger partial charge on any atom is -0.384 e. The van der Waals surface area contributed by atoms with E-state index in [2.05, 4.69) is 16.8 Å². The molecule has 20 heavy (non-hydrogen) atoms. The Labute approximate surface area is 118 Å². The molecule has 0 aromatic carbocycles. The maximum Gasteiger partial charge on any atom is 0.273 e. The number of hydrogen-bond donors (Lipinski definition) is 1. The zero-order chi connectivity index (χ0) is 14.6. The zero-order valence-corrected chi connectivity index (χ0v) is 11.7. The number of aromatic nitrogens is 1. The number of morpholine rings is 1. The number of ether oxygens (including phenoxy) is 1. The van der Waals surface area contributed by atoms with Crippen molar-refractivity contribution in [3.63, 3.8) is 0 Å². The summed E-state index contributed by atoms with van der Waals surface area (Å²) in [6.45, 7) is 5.26. The monoisotopic (exact) mass is 274 g/mol. The van der Waals surface area contributed by atoms with Gasteiger partial charge in [-0.25, -0.2) is 4.98 Å². The fourth-order valence-corrected chi connectivity index (χ4v) is 2.15. The molecular formula is C15H18N2O3. The van der Waals surface area contributed by atoms with Crippen molar-refractivity contribution in [1.29, 1.82) is 0 Å². The number of nitrogens with zero attached hydrogens (tertiary/aromatic N) is 2. The average molecular weight is 274 g/mol. The number of hydrogen-bond acceptors (Lipinski definition) is 4. The molecule has 1 aromatic heterocycles. The molecule has 1 saturated heterocycles. The van der Waals surface area contributed by atoms with Gasteiger partial charge in [0.25, 0.3) is 5.91 Å². The van der Waals surface area contributed by atoms with Gasteiger partial charge in [-0.1, -0.05) is 11.8 Å². The van der Waals surface area contributed by atoms with Crippen LogP contribution in [0.1, 0.15) is 29.9 Å². The van der Waals surface area contributed by atoms with Crippen molar-refractivity contribution in [2.45, 2.75) is 19.4 Å². The molecule has 0 radical (unpaired) electrons. The van der Waals surface area contributed by atoms with Crippen molar-refractivity contribution >= 4 is 5.91 Å². The molecule has 1 aromatic rings. The number of amides is 1. The first kappa shape index (κ1) is 14.5. The van der Waals surface area contributed by atoms with Crippen LogP contribution < -0.4 is 0 Å². The van der Waals surface area contributed by atoms with Crippen LogP contribution >= 0.6 is 0 Å². The zero-order valence-electron chi connectivity index (χ0n) is 11.7. The van der Waals surface area contributed by atoms with E-state index in [0.29, 0.717) is 31.0 Å². The van der Waals surface area contributed by atoms with Gasteiger partial charge in [0.2, 0.25) is 0 Å². The summed E-state index contributed by atoms with van der Waals surface area (Å²) < 4.78 is 5.60. The third-order valence-corrected chi connectivity index (χ3v) is 3.03. The first-order valence-electron chi connectivity index (χ1n) is 6.51. The predicted octanol–water partition coefficient (Wildman–Crippen LogP) is 0.676. The molecule has 5 heteroatoms. The highest BCUT2D eigenvalue weighted by Crippen LogP contribution is 2.18. The Hall–Kier alpha value is -1.90. The van der Waals surface area contributed by atoms with Crippen molar-refractivity contribution in [2.24, 2.45) is 0 Å². The number of pyridine rings is 1. The van der Waals surface area contributed by atoms with Crippen LogP contribution in [0.3, 0.4) is 0 Å². The van der Waals surface area contributed by atoms with E-state index >= 15 is 0 Å². The van der Waals surface area contributed by atoms with Crippen LogP contribution in [0.25, 0.3) is 0 Å².